The van der Waals surface area contributed by atoms with Gasteiger partial charge in [-0.15, -0.1) is 0 Å². The van der Waals surface area contributed by atoms with Crippen LogP contribution in [0.15, 0.2) is 24.3 Å². The Morgan fingerprint density at radius 1 is 1.10 bits per heavy atom. The molecule has 0 aliphatic carbocycles. The van der Waals surface area contributed by atoms with Crippen molar-refractivity contribution in [3.63, 3.8) is 0 Å². The molecule has 2 nitrogen and oxygen atoms in total. The van der Waals surface area contributed by atoms with Crippen molar-refractivity contribution < 1.29 is 0 Å². The molecule has 0 saturated carbocycles. The maximum absolute atomic E-state index is 3.54. The first kappa shape index (κ1) is 15.4. The average molecular weight is 274 g/mol. The fourth-order valence-corrected chi connectivity index (χ4v) is 3.24. The summed E-state index contributed by atoms with van der Waals surface area (Å²) in [4.78, 5) is 2.65. The number of nitrogens with zero attached hydrogens (tertiary/aromatic N) is 1. The molecule has 0 bridgehead atoms. The molecule has 1 unspecified atom stereocenters. The topological polar surface area (TPSA) is 15.3 Å². The van der Waals surface area contributed by atoms with Crippen LogP contribution in [0, 0.1) is 11.8 Å². The van der Waals surface area contributed by atoms with Gasteiger partial charge in [0.2, 0.25) is 0 Å². The van der Waals surface area contributed by atoms with E-state index >= 15 is 0 Å². The quantitative estimate of drug-likeness (QED) is 0.801. The summed E-state index contributed by atoms with van der Waals surface area (Å²) < 4.78 is 0. The molecule has 112 valence electrons. The van der Waals surface area contributed by atoms with Crippen molar-refractivity contribution in [2.24, 2.45) is 11.8 Å². The lowest BCUT2D eigenvalue weighted by Gasteiger charge is -2.27. The second kappa shape index (κ2) is 7.12. The van der Waals surface area contributed by atoms with E-state index in [1.165, 1.54) is 37.3 Å². The molecule has 0 spiro atoms. The van der Waals surface area contributed by atoms with Crippen LogP contribution in [0.4, 0.5) is 5.69 Å². The van der Waals surface area contributed by atoms with Gasteiger partial charge in [0.25, 0.3) is 0 Å². The summed E-state index contributed by atoms with van der Waals surface area (Å²) in [5.74, 6) is 2.19. The minimum absolute atomic E-state index is 0.688. The molecular weight excluding hydrogens is 244 g/mol. The molecule has 1 atom stereocenters. The number of benzene rings is 1. The molecule has 0 radical (unpaired) electrons. The van der Waals surface area contributed by atoms with Gasteiger partial charge in [0.15, 0.2) is 0 Å². The van der Waals surface area contributed by atoms with E-state index in [-0.39, 0.29) is 0 Å². The Bertz CT molecular complexity index is 402. The van der Waals surface area contributed by atoms with Crippen LogP contribution < -0.4 is 5.32 Å². The van der Waals surface area contributed by atoms with Crippen molar-refractivity contribution in [3.8, 4) is 0 Å². The van der Waals surface area contributed by atoms with Crippen LogP contribution in [0.25, 0.3) is 0 Å². The van der Waals surface area contributed by atoms with Crippen LogP contribution in [-0.2, 0) is 0 Å². The molecule has 1 N–H and O–H groups in total. The van der Waals surface area contributed by atoms with Gasteiger partial charge in [0.05, 0.1) is 0 Å². The molecule has 2 heteroatoms. The Hall–Kier alpha value is -1.02. The zero-order valence-electron chi connectivity index (χ0n) is 13.5. The zero-order valence-corrected chi connectivity index (χ0v) is 13.5. The van der Waals surface area contributed by atoms with Gasteiger partial charge < -0.3 is 10.2 Å². The number of fused-ring (bicyclic) bond motifs is 1. The summed E-state index contributed by atoms with van der Waals surface area (Å²) in [5.41, 5.74) is 2.86. The maximum atomic E-state index is 3.54. The lowest BCUT2D eigenvalue weighted by Crippen LogP contribution is -2.33. The molecule has 0 fully saturated rings. The molecule has 1 aliphatic heterocycles. The summed E-state index contributed by atoms with van der Waals surface area (Å²) in [6, 6.07) is 8.78. The Balaban J connectivity index is 1.89. The zero-order chi connectivity index (χ0) is 14.5. The Morgan fingerprint density at radius 2 is 1.75 bits per heavy atom. The first-order valence-corrected chi connectivity index (χ1v) is 8.11. The average Bonchev–Trinajstić information content (AvgIpc) is 2.78. The Kier molecular flexibility index (Phi) is 5.47. The predicted octanol–water partition coefficient (Wildman–Crippen LogP) is 4.20. The van der Waals surface area contributed by atoms with Crippen molar-refractivity contribution in [3.05, 3.63) is 29.8 Å². The van der Waals surface area contributed by atoms with Gasteiger partial charge in [-0.25, -0.2) is 0 Å². The van der Waals surface area contributed by atoms with Gasteiger partial charge in [-0.3, -0.25) is 0 Å². The largest absolute Gasteiger partial charge is 0.384 e. The molecular formula is C18H30N2. The van der Waals surface area contributed by atoms with Crippen LogP contribution in [-0.4, -0.2) is 31.1 Å². The minimum Gasteiger partial charge on any atom is -0.384 e. The molecule has 1 heterocycles. The highest BCUT2D eigenvalue weighted by Gasteiger charge is 2.22. The third kappa shape index (κ3) is 4.24. The molecule has 2 rings (SSSR count). The van der Waals surface area contributed by atoms with Crippen molar-refractivity contribution in [1.82, 2.24) is 4.90 Å². The SMILES string of the molecule is CC(C)CN(CCC1CNc2ccccc21)CC(C)C. The second-order valence-electron chi connectivity index (χ2n) is 7.00. The number of nitrogens with one attached hydrogen (secondary N) is 1. The van der Waals surface area contributed by atoms with Crippen molar-refractivity contribution in [1.29, 1.82) is 0 Å². The van der Waals surface area contributed by atoms with E-state index in [1.807, 2.05) is 0 Å². The van der Waals surface area contributed by atoms with E-state index < -0.39 is 0 Å². The number of hydrogen-bond donors (Lipinski definition) is 1. The van der Waals surface area contributed by atoms with Crippen LogP contribution in [0.1, 0.15) is 45.6 Å². The second-order valence-corrected chi connectivity index (χ2v) is 7.00. The highest BCUT2D eigenvalue weighted by atomic mass is 15.1. The normalized spacial score (nSPS) is 17.9. The van der Waals surface area contributed by atoms with E-state index in [0.29, 0.717) is 5.92 Å². The highest BCUT2D eigenvalue weighted by Crippen LogP contribution is 2.33. The monoisotopic (exact) mass is 274 g/mol. The van der Waals surface area contributed by atoms with E-state index in [0.717, 1.165) is 18.4 Å². The lowest BCUT2D eigenvalue weighted by molar-refractivity contribution is 0.213. The number of rotatable bonds is 7. The van der Waals surface area contributed by atoms with Gasteiger partial charge >= 0.3 is 0 Å². The molecule has 1 aromatic rings. The molecule has 20 heavy (non-hydrogen) atoms. The van der Waals surface area contributed by atoms with Gasteiger partial charge in [-0.2, -0.15) is 0 Å². The molecule has 0 saturated heterocycles. The summed E-state index contributed by atoms with van der Waals surface area (Å²) in [6.45, 7) is 14.0. The summed E-state index contributed by atoms with van der Waals surface area (Å²) >= 11 is 0. The van der Waals surface area contributed by atoms with Crippen LogP contribution >= 0.6 is 0 Å². The third-order valence-corrected chi connectivity index (χ3v) is 3.98. The molecule has 0 aromatic heterocycles. The van der Waals surface area contributed by atoms with Crippen molar-refractivity contribution in [2.75, 3.05) is 31.5 Å². The Morgan fingerprint density at radius 3 is 2.40 bits per heavy atom. The summed E-state index contributed by atoms with van der Waals surface area (Å²) in [5, 5.41) is 3.54. The van der Waals surface area contributed by atoms with E-state index in [4.69, 9.17) is 0 Å². The van der Waals surface area contributed by atoms with Crippen molar-refractivity contribution in [2.45, 2.75) is 40.0 Å². The van der Waals surface area contributed by atoms with Gasteiger partial charge in [-0.1, -0.05) is 45.9 Å². The van der Waals surface area contributed by atoms with Crippen molar-refractivity contribution >= 4 is 5.69 Å². The first-order chi connectivity index (χ1) is 9.56. The van der Waals surface area contributed by atoms with Gasteiger partial charge in [0.1, 0.15) is 0 Å². The molecule has 1 aliphatic rings. The van der Waals surface area contributed by atoms with E-state index in [2.05, 4.69) is 62.2 Å². The Labute approximate surface area is 124 Å². The first-order valence-electron chi connectivity index (χ1n) is 8.11. The summed E-state index contributed by atoms with van der Waals surface area (Å²) in [6.07, 6.45) is 1.27. The fraction of sp³-hybridized carbons (Fsp3) is 0.667. The summed E-state index contributed by atoms with van der Waals surface area (Å²) in [7, 11) is 0. The standard InChI is InChI=1S/C18H30N2/c1-14(2)12-20(13-15(3)4)10-9-16-11-19-18-8-6-5-7-17(16)18/h5-8,14-16,19H,9-13H2,1-4H3. The van der Waals surface area contributed by atoms with Gasteiger partial charge in [0, 0.05) is 31.2 Å². The maximum Gasteiger partial charge on any atom is 0.0376 e. The van der Waals surface area contributed by atoms with Crippen LogP contribution in [0.2, 0.25) is 0 Å². The minimum atomic E-state index is 0.688. The number of para-hydroxylation sites is 1. The number of anilines is 1. The van der Waals surface area contributed by atoms with Crippen LogP contribution in [0.3, 0.4) is 0 Å². The van der Waals surface area contributed by atoms with E-state index in [9.17, 15) is 0 Å². The fourth-order valence-electron chi connectivity index (χ4n) is 3.24. The smallest absolute Gasteiger partial charge is 0.0376 e. The highest BCUT2D eigenvalue weighted by molar-refractivity contribution is 5.57. The third-order valence-electron chi connectivity index (χ3n) is 3.98. The molecule has 1 aromatic carbocycles. The van der Waals surface area contributed by atoms with Crippen LogP contribution in [0.5, 0.6) is 0 Å². The molecule has 0 amide bonds. The lowest BCUT2D eigenvalue weighted by atomic mass is 9.97. The number of hydrogen-bond acceptors (Lipinski definition) is 2. The van der Waals surface area contributed by atoms with E-state index in [1.54, 1.807) is 0 Å². The van der Waals surface area contributed by atoms with Gasteiger partial charge in [-0.05, 0) is 36.4 Å². The predicted molar refractivity (Wildman–Crippen MR) is 88.4 cm³/mol.